The first-order valence-corrected chi connectivity index (χ1v) is 11.1. The molecule has 2 N–H and O–H groups in total. The maximum atomic E-state index is 4.78. The molecular formula is C23H28BrN5. The van der Waals surface area contributed by atoms with Crippen molar-refractivity contribution < 1.29 is 0 Å². The molecule has 0 atom stereocenters. The fourth-order valence-corrected chi connectivity index (χ4v) is 4.45. The number of nitrogens with one attached hydrogen (secondary N) is 2. The fraction of sp³-hybridized carbons (Fsp3) is 0.391. The Kier molecular flexibility index (Phi) is 6.31. The van der Waals surface area contributed by atoms with Gasteiger partial charge in [0, 0.05) is 42.6 Å². The molecule has 3 aromatic rings. The van der Waals surface area contributed by atoms with Crippen molar-refractivity contribution in [2.75, 3.05) is 24.3 Å². The molecule has 4 rings (SSSR count). The number of halogens is 1. The summed E-state index contributed by atoms with van der Waals surface area (Å²) in [7, 11) is 4.06. The number of hydrogen-bond acceptors (Lipinski definition) is 5. The molecule has 0 amide bonds. The lowest BCUT2D eigenvalue weighted by Gasteiger charge is -2.30. The Hall–Kier alpha value is -2.18. The number of nitrogens with zero attached hydrogens (tertiary/aromatic N) is 3. The van der Waals surface area contributed by atoms with Crippen molar-refractivity contribution in [3.8, 4) is 0 Å². The van der Waals surface area contributed by atoms with Gasteiger partial charge in [0.1, 0.15) is 5.82 Å². The minimum atomic E-state index is 0.426. The van der Waals surface area contributed by atoms with Gasteiger partial charge in [-0.25, -0.2) is 4.98 Å². The second-order valence-corrected chi connectivity index (χ2v) is 8.90. The van der Waals surface area contributed by atoms with Crippen molar-refractivity contribution in [2.45, 2.75) is 44.3 Å². The highest BCUT2D eigenvalue weighted by atomic mass is 79.9. The number of benzene rings is 2. The van der Waals surface area contributed by atoms with E-state index >= 15 is 0 Å². The van der Waals surface area contributed by atoms with Crippen LogP contribution in [0.4, 0.5) is 11.8 Å². The van der Waals surface area contributed by atoms with Crippen LogP contribution in [0.5, 0.6) is 0 Å². The molecule has 2 aromatic carbocycles. The predicted molar refractivity (Wildman–Crippen MR) is 125 cm³/mol. The molecule has 0 unspecified atom stereocenters. The largest absolute Gasteiger partial charge is 0.362 e. The van der Waals surface area contributed by atoms with Crippen molar-refractivity contribution in [2.24, 2.45) is 0 Å². The lowest BCUT2D eigenvalue weighted by atomic mass is 9.91. The maximum Gasteiger partial charge on any atom is 0.225 e. The van der Waals surface area contributed by atoms with Gasteiger partial charge in [0.25, 0.3) is 0 Å². The van der Waals surface area contributed by atoms with Gasteiger partial charge in [-0.1, -0.05) is 40.2 Å². The zero-order valence-corrected chi connectivity index (χ0v) is 18.6. The van der Waals surface area contributed by atoms with Crippen molar-refractivity contribution in [3.05, 3.63) is 58.6 Å². The predicted octanol–water partition coefficient (Wildman–Crippen LogP) is 4.97. The molecule has 1 heterocycles. The number of hydrogen-bond donors (Lipinski definition) is 2. The lowest BCUT2D eigenvalue weighted by molar-refractivity contribution is 0.352. The summed E-state index contributed by atoms with van der Waals surface area (Å²) in [6, 6.07) is 17.7. The van der Waals surface area contributed by atoms with E-state index in [2.05, 4.69) is 67.9 Å². The van der Waals surface area contributed by atoms with Gasteiger partial charge in [0.05, 0.1) is 5.52 Å². The summed E-state index contributed by atoms with van der Waals surface area (Å²) in [5.41, 5.74) is 2.30. The highest BCUT2D eigenvalue weighted by Gasteiger charge is 2.22. The Bertz CT molecular complexity index is 966. The summed E-state index contributed by atoms with van der Waals surface area (Å²) in [6.45, 7) is 0.919. The van der Waals surface area contributed by atoms with Crippen LogP contribution >= 0.6 is 15.9 Å². The van der Waals surface area contributed by atoms with Crippen LogP contribution < -0.4 is 15.5 Å². The maximum absolute atomic E-state index is 4.78. The molecular weight excluding hydrogens is 426 g/mol. The molecule has 0 bridgehead atoms. The normalized spacial score (nSPS) is 19.3. The average molecular weight is 454 g/mol. The zero-order chi connectivity index (χ0) is 20.2. The number of aromatic nitrogens is 2. The molecule has 0 spiro atoms. The van der Waals surface area contributed by atoms with Crippen LogP contribution in [-0.4, -0.2) is 36.1 Å². The number of rotatable bonds is 6. The van der Waals surface area contributed by atoms with Gasteiger partial charge in [0.2, 0.25) is 5.95 Å². The van der Waals surface area contributed by atoms with Crippen LogP contribution in [0.3, 0.4) is 0 Å². The molecule has 0 saturated heterocycles. The van der Waals surface area contributed by atoms with E-state index in [0.29, 0.717) is 12.1 Å². The van der Waals surface area contributed by atoms with E-state index in [0.717, 1.165) is 46.5 Å². The molecule has 1 aromatic heterocycles. The summed E-state index contributed by atoms with van der Waals surface area (Å²) >= 11 is 3.55. The van der Waals surface area contributed by atoms with Gasteiger partial charge in [0.15, 0.2) is 0 Å². The van der Waals surface area contributed by atoms with E-state index in [-0.39, 0.29) is 0 Å². The third-order valence-electron chi connectivity index (χ3n) is 5.55. The second-order valence-electron chi connectivity index (χ2n) is 7.99. The van der Waals surface area contributed by atoms with E-state index in [1.165, 1.54) is 18.4 Å². The van der Waals surface area contributed by atoms with E-state index in [4.69, 9.17) is 9.97 Å². The average Bonchev–Trinajstić information content (AvgIpc) is 2.72. The van der Waals surface area contributed by atoms with Gasteiger partial charge in [-0.3, -0.25) is 0 Å². The van der Waals surface area contributed by atoms with Crippen molar-refractivity contribution >= 4 is 38.6 Å². The second kappa shape index (κ2) is 9.09. The van der Waals surface area contributed by atoms with Crippen molar-refractivity contribution in [3.63, 3.8) is 0 Å². The number of anilines is 2. The smallest absolute Gasteiger partial charge is 0.225 e. The monoisotopic (exact) mass is 453 g/mol. The fourth-order valence-electron chi connectivity index (χ4n) is 4.00. The molecule has 1 aliphatic rings. The Labute approximate surface area is 181 Å². The molecule has 0 aliphatic heterocycles. The van der Waals surface area contributed by atoms with Crippen LogP contribution in [-0.2, 0) is 6.54 Å². The van der Waals surface area contributed by atoms with Crippen molar-refractivity contribution in [1.29, 1.82) is 0 Å². The molecule has 0 radical (unpaired) electrons. The summed E-state index contributed by atoms with van der Waals surface area (Å²) in [4.78, 5) is 11.6. The van der Waals surface area contributed by atoms with Crippen LogP contribution in [0.1, 0.15) is 31.2 Å². The number of para-hydroxylation sites is 1. The minimum Gasteiger partial charge on any atom is -0.362 e. The quantitative estimate of drug-likeness (QED) is 0.551. The van der Waals surface area contributed by atoms with E-state index in [1.807, 2.05) is 26.2 Å². The zero-order valence-electron chi connectivity index (χ0n) is 17.0. The first-order chi connectivity index (χ1) is 14.1. The molecule has 6 heteroatoms. The Morgan fingerprint density at radius 2 is 1.72 bits per heavy atom. The van der Waals surface area contributed by atoms with E-state index < -0.39 is 0 Å². The van der Waals surface area contributed by atoms with Gasteiger partial charge < -0.3 is 15.5 Å². The summed E-state index contributed by atoms with van der Waals surface area (Å²) < 4.78 is 1.14. The highest BCUT2D eigenvalue weighted by Crippen LogP contribution is 2.26. The highest BCUT2D eigenvalue weighted by molar-refractivity contribution is 9.10. The van der Waals surface area contributed by atoms with Crippen LogP contribution in [0.15, 0.2) is 53.0 Å². The Morgan fingerprint density at radius 1 is 0.966 bits per heavy atom. The lowest BCUT2D eigenvalue weighted by Crippen LogP contribution is -2.37. The first kappa shape index (κ1) is 20.1. The van der Waals surface area contributed by atoms with Gasteiger partial charge in [-0.15, -0.1) is 0 Å². The van der Waals surface area contributed by atoms with Gasteiger partial charge >= 0.3 is 0 Å². The molecule has 5 nitrogen and oxygen atoms in total. The third-order valence-corrected chi connectivity index (χ3v) is 6.04. The SMILES string of the molecule is CN(C)c1nc(N[C@H]2CC[C@@H](NCc3cccc(Br)c3)CC2)nc2ccccc12. The van der Waals surface area contributed by atoms with Gasteiger partial charge in [-0.2, -0.15) is 4.98 Å². The number of fused-ring (bicyclic) bond motifs is 1. The summed E-state index contributed by atoms with van der Waals surface area (Å²) in [6.07, 6.45) is 4.59. The third kappa shape index (κ3) is 5.06. The van der Waals surface area contributed by atoms with Crippen LogP contribution in [0.2, 0.25) is 0 Å². The van der Waals surface area contributed by atoms with Crippen molar-refractivity contribution in [1.82, 2.24) is 15.3 Å². The van der Waals surface area contributed by atoms with Crippen LogP contribution in [0, 0.1) is 0 Å². The summed E-state index contributed by atoms with van der Waals surface area (Å²) in [5.74, 6) is 1.69. The topological polar surface area (TPSA) is 53.1 Å². The summed E-state index contributed by atoms with van der Waals surface area (Å²) in [5, 5.41) is 8.39. The standard InChI is InChI=1S/C23H28BrN5/c1-29(2)22-20-8-3-4-9-21(20)27-23(28-22)26-19-12-10-18(11-13-19)25-15-16-6-5-7-17(24)14-16/h3-9,14,18-19,25H,10-13,15H2,1-2H3,(H,26,27,28)/t18-,19+. The molecule has 1 saturated carbocycles. The molecule has 1 fully saturated rings. The first-order valence-electron chi connectivity index (χ1n) is 10.3. The van der Waals surface area contributed by atoms with E-state index in [9.17, 15) is 0 Å². The van der Waals surface area contributed by atoms with Gasteiger partial charge in [-0.05, 0) is 55.5 Å². The minimum absolute atomic E-state index is 0.426. The van der Waals surface area contributed by atoms with Crippen LogP contribution in [0.25, 0.3) is 10.9 Å². The Morgan fingerprint density at radius 3 is 2.48 bits per heavy atom. The molecule has 1 aliphatic carbocycles. The van der Waals surface area contributed by atoms with E-state index in [1.54, 1.807) is 0 Å². The molecule has 29 heavy (non-hydrogen) atoms. The molecule has 152 valence electrons. The Balaban J connectivity index is 1.35.